The van der Waals surface area contributed by atoms with Gasteiger partial charge in [-0.05, 0) is 18.4 Å². The second kappa shape index (κ2) is 11.5. The summed E-state index contributed by atoms with van der Waals surface area (Å²) in [5.74, 6) is -1.66. The van der Waals surface area contributed by atoms with Crippen molar-refractivity contribution < 1.29 is 19.2 Å². The lowest BCUT2D eigenvalue weighted by Gasteiger charge is -2.23. The molecule has 0 aliphatic carbocycles. The van der Waals surface area contributed by atoms with Gasteiger partial charge in [-0.25, -0.2) is 4.98 Å². The first-order chi connectivity index (χ1) is 14.8. The number of rotatable bonds is 10. The normalized spacial score (nSPS) is 13.5. The van der Waals surface area contributed by atoms with E-state index >= 15 is 0 Å². The third-order valence-corrected chi connectivity index (χ3v) is 4.63. The first kappa shape index (κ1) is 23.7. The molecule has 1 heterocycles. The Hall–Kier alpha value is -3.62. The van der Waals surface area contributed by atoms with Gasteiger partial charge < -0.3 is 20.7 Å². The monoisotopic (exact) mass is 425 g/mol. The lowest BCUT2D eigenvalue weighted by atomic mass is 10.0. The Morgan fingerprint density at radius 2 is 1.68 bits per heavy atom. The molecule has 9 heteroatoms. The van der Waals surface area contributed by atoms with Crippen molar-refractivity contribution in [2.75, 3.05) is 0 Å². The van der Waals surface area contributed by atoms with Crippen LogP contribution >= 0.6 is 0 Å². The molecule has 2 rings (SSSR count). The van der Waals surface area contributed by atoms with Crippen molar-refractivity contribution in [3.8, 4) is 0 Å². The van der Waals surface area contributed by atoms with E-state index < -0.39 is 35.8 Å². The molecule has 3 N–H and O–H groups in total. The van der Waals surface area contributed by atoms with Gasteiger partial charge in [-0.1, -0.05) is 44.2 Å². The topological polar surface area (TPSA) is 130 Å². The highest BCUT2D eigenvalue weighted by Gasteiger charge is 2.27. The highest BCUT2D eigenvalue weighted by atomic mass is 16.2. The number of aromatic nitrogens is 2. The van der Waals surface area contributed by atoms with E-state index in [1.54, 1.807) is 13.8 Å². The Kier molecular flexibility index (Phi) is 8.80. The van der Waals surface area contributed by atoms with Crippen molar-refractivity contribution in [1.29, 1.82) is 0 Å². The van der Waals surface area contributed by atoms with Crippen LogP contribution in [-0.2, 0) is 20.8 Å². The summed E-state index contributed by atoms with van der Waals surface area (Å²) in [6, 6.07) is 6.68. The predicted octanol–water partition coefficient (Wildman–Crippen LogP) is 0.662. The summed E-state index contributed by atoms with van der Waals surface area (Å²) in [4.78, 5) is 56.7. The standard InChI is InChI=1S/C22H27N5O4/c1-14(2)19(13-28)27-20(29)15(3)25-21(30)17(11-16-7-5-4-6-8-16)26-22(31)18-12-23-9-10-24-18/h4-10,12-15,17,19H,11H2,1-3H3,(H,25,30)(H,26,31)(H,27,29)/t15-,17-,19+/m0/s1. The number of hydrogen-bond acceptors (Lipinski definition) is 6. The van der Waals surface area contributed by atoms with E-state index in [1.165, 1.54) is 25.5 Å². The molecule has 0 spiro atoms. The first-order valence-corrected chi connectivity index (χ1v) is 9.98. The minimum atomic E-state index is -0.945. The molecule has 0 bridgehead atoms. The van der Waals surface area contributed by atoms with E-state index in [9.17, 15) is 19.2 Å². The van der Waals surface area contributed by atoms with Crippen LogP contribution in [0.15, 0.2) is 48.9 Å². The number of nitrogens with zero attached hydrogens (tertiary/aromatic N) is 2. The van der Waals surface area contributed by atoms with E-state index in [0.717, 1.165) is 5.56 Å². The van der Waals surface area contributed by atoms with Crippen LogP contribution in [0.4, 0.5) is 0 Å². The molecule has 1 aromatic heterocycles. The molecule has 0 aliphatic rings. The molecule has 1 aromatic carbocycles. The van der Waals surface area contributed by atoms with Crippen LogP contribution in [0.1, 0.15) is 36.8 Å². The van der Waals surface area contributed by atoms with Crippen LogP contribution in [0.3, 0.4) is 0 Å². The number of carbonyl (C=O) groups is 4. The van der Waals surface area contributed by atoms with Gasteiger partial charge in [0.2, 0.25) is 11.8 Å². The van der Waals surface area contributed by atoms with E-state index in [2.05, 4.69) is 25.9 Å². The SMILES string of the molecule is CC(C)[C@@H](C=O)NC(=O)[C@H](C)NC(=O)[C@H](Cc1ccccc1)NC(=O)c1cnccn1. The molecule has 0 saturated heterocycles. The fourth-order valence-electron chi connectivity index (χ4n) is 2.73. The van der Waals surface area contributed by atoms with Crippen molar-refractivity contribution in [2.24, 2.45) is 5.92 Å². The molecule has 0 saturated carbocycles. The minimum absolute atomic E-state index is 0.0740. The Balaban J connectivity index is 2.10. The zero-order chi connectivity index (χ0) is 22.8. The first-order valence-electron chi connectivity index (χ1n) is 9.98. The Morgan fingerprint density at radius 1 is 0.968 bits per heavy atom. The number of aldehydes is 1. The van der Waals surface area contributed by atoms with E-state index in [4.69, 9.17) is 0 Å². The van der Waals surface area contributed by atoms with Crippen LogP contribution in [0.25, 0.3) is 0 Å². The highest BCUT2D eigenvalue weighted by Crippen LogP contribution is 2.06. The molecule has 3 amide bonds. The zero-order valence-corrected chi connectivity index (χ0v) is 17.7. The predicted molar refractivity (Wildman–Crippen MR) is 114 cm³/mol. The summed E-state index contributed by atoms with van der Waals surface area (Å²) in [5.41, 5.74) is 0.907. The Bertz CT molecular complexity index is 889. The summed E-state index contributed by atoms with van der Waals surface area (Å²) < 4.78 is 0. The van der Waals surface area contributed by atoms with Crippen LogP contribution in [0.5, 0.6) is 0 Å². The maximum absolute atomic E-state index is 12.9. The van der Waals surface area contributed by atoms with Gasteiger partial charge in [0.1, 0.15) is 24.1 Å². The summed E-state index contributed by atoms with van der Waals surface area (Å²) in [6.07, 6.45) is 5.00. The van der Waals surface area contributed by atoms with Crippen molar-refractivity contribution >= 4 is 24.0 Å². The Morgan fingerprint density at radius 3 is 2.26 bits per heavy atom. The molecule has 0 fully saturated rings. The lowest BCUT2D eigenvalue weighted by Crippen LogP contribution is -2.55. The quantitative estimate of drug-likeness (QED) is 0.480. The number of carbonyl (C=O) groups excluding carboxylic acids is 4. The molecule has 0 radical (unpaired) electrons. The van der Waals surface area contributed by atoms with Crippen LogP contribution in [0, 0.1) is 5.92 Å². The second-order valence-corrected chi connectivity index (χ2v) is 7.45. The summed E-state index contributed by atoms with van der Waals surface area (Å²) in [7, 11) is 0. The molecule has 31 heavy (non-hydrogen) atoms. The van der Waals surface area contributed by atoms with Crippen LogP contribution in [0.2, 0.25) is 0 Å². The van der Waals surface area contributed by atoms with Gasteiger partial charge in [0.25, 0.3) is 5.91 Å². The molecule has 164 valence electrons. The molecule has 0 unspecified atom stereocenters. The van der Waals surface area contributed by atoms with E-state index in [0.29, 0.717) is 6.29 Å². The zero-order valence-electron chi connectivity index (χ0n) is 17.7. The number of nitrogens with one attached hydrogen (secondary N) is 3. The molecular formula is C22H27N5O4. The van der Waals surface area contributed by atoms with Gasteiger partial charge in [0.05, 0.1) is 12.2 Å². The van der Waals surface area contributed by atoms with Gasteiger partial charge in [-0.15, -0.1) is 0 Å². The van der Waals surface area contributed by atoms with Crippen LogP contribution < -0.4 is 16.0 Å². The fourth-order valence-corrected chi connectivity index (χ4v) is 2.73. The van der Waals surface area contributed by atoms with Crippen molar-refractivity contribution in [2.45, 2.75) is 45.3 Å². The third-order valence-electron chi connectivity index (χ3n) is 4.63. The summed E-state index contributed by atoms with van der Waals surface area (Å²) in [6.45, 7) is 5.13. The molecule has 9 nitrogen and oxygen atoms in total. The van der Waals surface area contributed by atoms with E-state index in [-0.39, 0.29) is 18.0 Å². The van der Waals surface area contributed by atoms with Crippen LogP contribution in [-0.4, -0.2) is 52.1 Å². The number of benzene rings is 1. The summed E-state index contributed by atoms with van der Waals surface area (Å²) >= 11 is 0. The molecule has 3 atom stereocenters. The second-order valence-electron chi connectivity index (χ2n) is 7.45. The summed E-state index contributed by atoms with van der Waals surface area (Å²) in [5, 5.41) is 7.86. The molecule has 2 aromatic rings. The third kappa shape index (κ3) is 7.29. The van der Waals surface area contributed by atoms with Gasteiger partial charge >= 0.3 is 0 Å². The smallest absolute Gasteiger partial charge is 0.272 e. The van der Waals surface area contributed by atoms with E-state index in [1.807, 2.05) is 30.3 Å². The van der Waals surface area contributed by atoms with Crippen molar-refractivity contribution in [3.63, 3.8) is 0 Å². The maximum Gasteiger partial charge on any atom is 0.272 e. The molecule has 0 aliphatic heterocycles. The fraction of sp³-hybridized carbons (Fsp3) is 0.364. The highest BCUT2D eigenvalue weighted by molar-refractivity contribution is 5.97. The number of hydrogen-bond donors (Lipinski definition) is 3. The number of amides is 3. The van der Waals surface area contributed by atoms with Gasteiger partial charge in [-0.2, -0.15) is 0 Å². The van der Waals surface area contributed by atoms with Crippen molar-refractivity contribution in [1.82, 2.24) is 25.9 Å². The Labute approximate surface area is 181 Å². The maximum atomic E-state index is 12.9. The largest absolute Gasteiger partial charge is 0.345 e. The van der Waals surface area contributed by atoms with Gasteiger partial charge in [-0.3, -0.25) is 19.4 Å². The molecular weight excluding hydrogens is 398 g/mol. The van der Waals surface area contributed by atoms with Gasteiger partial charge in [0, 0.05) is 18.8 Å². The average Bonchev–Trinajstić information content (AvgIpc) is 2.77. The lowest BCUT2D eigenvalue weighted by molar-refractivity contribution is -0.130. The van der Waals surface area contributed by atoms with Gasteiger partial charge in [0.15, 0.2) is 0 Å². The van der Waals surface area contributed by atoms with Crippen molar-refractivity contribution in [3.05, 3.63) is 60.2 Å². The minimum Gasteiger partial charge on any atom is -0.345 e. The average molecular weight is 425 g/mol.